The predicted octanol–water partition coefficient (Wildman–Crippen LogP) is 0.593. The van der Waals surface area contributed by atoms with Gasteiger partial charge in [-0.3, -0.25) is 14.4 Å². The molecule has 0 aromatic heterocycles. The first-order valence-electron chi connectivity index (χ1n) is 5.93. The highest BCUT2D eigenvalue weighted by atomic mass is 16.5. The number of nitrogens with one attached hydrogen (secondary N) is 1. The predicted molar refractivity (Wildman–Crippen MR) is 72.5 cm³/mol. The van der Waals surface area contributed by atoms with E-state index in [1.807, 2.05) is 30.3 Å². The molecular weight excluding hydrogens is 245 g/mol. The van der Waals surface area contributed by atoms with Crippen molar-refractivity contribution >= 4 is 25.4 Å². The summed E-state index contributed by atoms with van der Waals surface area (Å²) in [5.41, 5.74) is 0.830. The Bertz CT molecular complexity index is 461. The van der Waals surface area contributed by atoms with Crippen molar-refractivity contribution in [3.63, 3.8) is 0 Å². The van der Waals surface area contributed by atoms with E-state index in [4.69, 9.17) is 0 Å². The number of benzene rings is 1. The maximum atomic E-state index is 11.7. The first kappa shape index (κ1) is 15.0. The second kappa shape index (κ2) is 7.36. The fourth-order valence-electron chi connectivity index (χ4n) is 1.72. The summed E-state index contributed by atoms with van der Waals surface area (Å²) in [6, 6.07) is 8.74. The molecule has 0 heterocycles. The minimum absolute atomic E-state index is 0.0681. The second-order valence-corrected chi connectivity index (χ2v) is 4.16. The first-order chi connectivity index (χ1) is 9.02. The van der Waals surface area contributed by atoms with E-state index in [9.17, 15) is 14.4 Å². The largest absolute Gasteiger partial charge is 0.469 e. The summed E-state index contributed by atoms with van der Waals surface area (Å²) in [7, 11) is 2.62. The van der Waals surface area contributed by atoms with Gasteiger partial charge in [0.25, 0.3) is 0 Å². The summed E-state index contributed by atoms with van der Waals surface area (Å²) in [6.07, 6.45) is -0.210. The van der Waals surface area contributed by atoms with Gasteiger partial charge in [-0.15, -0.1) is 0 Å². The van der Waals surface area contributed by atoms with Crippen LogP contribution in [0.2, 0.25) is 0 Å². The number of rotatable bonds is 6. The van der Waals surface area contributed by atoms with Crippen molar-refractivity contribution in [2.24, 2.45) is 0 Å². The van der Waals surface area contributed by atoms with Gasteiger partial charge in [0.15, 0.2) is 5.81 Å². The molecule has 1 rings (SSSR count). The monoisotopic (exact) mass is 261 g/mol. The van der Waals surface area contributed by atoms with Crippen LogP contribution in [0.25, 0.3) is 0 Å². The van der Waals surface area contributed by atoms with Crippen LogP contribution in [0.3, 0.4) is 0 Å². The van der Waals surface area contributed by atoms with Gasteiger partial charge in [-0.1, -0.05) is 30.3 Å². The molecule has 1 N–H and O–H groups in total. The number of esters is 1. The molecule has 0 fully saturated rings. The van der Waals surface area contributed by atoms with Gasteiger partial charge in [-0.25, -0.2) is 0 Å². The Kier molecular flexibility index (Phi) is 5.79. The average molecular weight is 261 g/mol. The number of amides is 1. The smallest absolute Gasteiger partial charge is 0.313 e. The van der Waals surface area contributed by atoms with Crippen LogP contribution in [0.15, 0.2) is 30.3 Å². The highest BCUT2D eigenvalue weighted by Gasteiger charge is 2.18. The third kappa shape index (κ3) is 5.37. The van der Waals surface area contributed by atoms with E-state index in [1.165, 1.54) is 15.0 Å². The Morgan fingerprint density at radius 2 is 1.89 bits per heavy atom. The number of methoxy groups -OCH3 is 1. The summed E-state index contributed by atoms with van der Waals surface area (Å²) in [6.45, 7) is 0. The van der Waals surface area contributed by atoms with Crippen molar-refractivity contribution in [3.8, 4) is 0 Å². The van der Waals surface area contributed by atoms with E-state index in [2.05, 4.69) is 10.1 Å². The van der Waals surface area contributed by atoms with Crippen LogP contribution in [0, 0.1) is 0 Å². The lowest BCUT2D eigenvalue weighted by molar-refractivity contribution is -0.143. The Balaban J connectivity index is 2.73. The summed E-state index contributed by atoms with van der Waals surface area (Å²) in [5.74, 6) is -1.06. The van der Waals surface area contributed by atoms with Gasteiger partial charge in [0, 0.05) is 6.42 Å². The van der Waals surface area contributed by atoms with Crippen LogP contribution in [-0.2, 0) is 14.3 Å². The lowest BCUT2D eigenvalue weighted by atomic mass is 9.98. The zero-order chi connectivity index (χ0) is 14.3. The van der Waals surface area contributed by atoms with E-state index >= 15 is 0 Å². The molecule has 6 heteroatoms. The van der Waals surface area contributed by atoms with Gasteiger partial charge in [-0.05, 0) is 5.56 Å². The maximum Gasteiger partial charge on any atom is 0.313 e. The minimum Gasteiger partial charge on any atom is -0.469 e. The number of ether oxygens (including phenoxy) is 1. The molecule has 1 aromatic carbocycles. The topological polar surface area (TPSA) is 72.5 Å². The molecule has 1 aromatic rings. The summed E-state index contributed by atoms with van der Waals surface area (Å²) >= 11 is 0. The molecule has 0 aliphatic heterocycles. The molecule has 0 spiro atoms. The van der Waals surface area contributed by atoms with Crippen molar-refractivity contribution in [3.05, 3.63) is 35.9 Å². The average Bonchev–Trinajstić information content (AvgIpc) is 2.38. The lowest BCUT2D eigenvalue weighted by Crippen LogP contribution is -2.29. The third-order valence-electron chi connectivity index (χ3n) is 2.58. The lowest BCUT2D eigenvalue weighted by Gasteiger charge is -2.17. The van der Waals surface area contributed by atoms with Crippen molar-refractivity contribution in [1.82, 2.24) is 5.32 Å². The minimum atomic E-state index is -0.570. The van der Waals surface area contributed by atoms with Gasteiger partial charge in [0.2, 0.25) is 7.85 Å². The molecule has 19 heavy (non-hydrogen) atoms. The number of hydrogen-bond acceptors (Lipinski definition) is 4. The van der Waals surface area contributed by atoms with E-state index in [0.717, 1.165) is 5.56 Å². The van der Waals surface area contributed by atoms with E-state index in [1.54, 1.807) is 0 Å². The van der Waals surface area contributed by atoms with Crippen molar-refractivity contribution < 1.29 is 19.1 Å². The van der Waals surface area contributed by atoms with Crippen LogP contribution in [-0.4, -0.2) is 32.5 Å². The number of hydrogen-bond donors (Lipinski definition) is 1. The molecule has 5 nitrogen and oxygen atoms in total. The third-order valence-corrected chi connectivity index (χ3v) is 2.58. The highest BCUT2D eigenvalue weighted by molar-refractivity contribution is 6.57. The SMILES string of the molecule is BC(=O)NC(CC(=O)CC(=O)OC)c1ccccc1. The molecule has 1 atom stereocenters. The fraction of sp³-hybridized carbons (Fsp3) is 0.308. The zero-order valence-corrected chi connectivity index (χ0v) is 11.0. The van der Waals surface area contributed by atoms with Crippen LogP contribution < -0.4 is 5.32 Å². The molecule has 0 bridgehead atoms. The van der Waals surface area contributed by atoms with E-state index in [-0.39, 0.29) is 24.4 Å². The molecule has 0 aliphatic rings. The standard InChI is InChI=1S/C13H16BNO4/c1-19-12(17)8-10(16)7-11(15-13(14)18)9-5-3-2-4-6-9/h2-6,11H,7-8,14H2,1H3,(H,15,18). The van der Waals surface area contributed by atoms with Crippen LogP contribution in [0.4, 0.5) is 4.79 Å². The van der Waals surface area contributed by atoms with Gasteiger partial charge in [0.05, 0.1) is 13.2 Å². The van der Waals surface area contributed by atoms with Crippen molar-refractivity contribution in [2.75, 3.05) is 7.11 Å². The molecular formula is C13H16BNO4. The molecule has 1 unspecified atom stereocenters. The Hall–Kier alpha value is -2.11. The molecule has 1 amide bonds. The summed E-state index contributed by atoms with van der Waals surface area (Å²) < 4.78 is 4.44. The van der Waals surface area contributed by atoms with Gasteiger partial charge in [-0.2, -0.15) is 0 Å². The van der Waals surface area contributed by atoms with Crippen molar-refractivity contribution in [2.45, 2.75) is 18.9 Å². The van der Waals surface area contributed by atoms with E-state index < -0.39 is 12.0 Å². The molecule has 0 saturated heterocycles. The molecule has 0 aliphatic carbocycles. The maximum absolute atomic E-state index is 11.7. The fourth-order valence-corrected chi connectivity index (χ4v) is 1.72. The van der Waals surface area contributed by atoms with Crippen LogP contribution in [0.1, 0.15) is 24.4 Å². The Morgan fingerprint density at radius 3 is 2.42 bits per heavy atom. The first-order valence-corrected chi connectivity index (χ1v) is 5.93. The molecule has 100 valence electrons. The van der Waals surface area contributed by atoms with Crippen molar-refractivity contribution in [1.29, 1.82) is 0 Å². The number of ketones is 1. The molecule has 0 radical (unpaired) electrons. The zero-order valence-electron chi connectivity index (χ0n) is 11.0. The van der Waals surface area contributed by atoms with Crippen LogP contribution in [0.5, 0.6) is 0 Å². The molecule has 0 saturated carbocycles. The van der Waals surface area contributed by atoms with Gasteiger partial charge in [0.1, 0.15) is 12.2 Å². The quantitative estimate of drug-likeness (QED) is 0.462. The highest BCUT2D eigenvalue weighted by Crippen LogP contribution is 2.17. The summed E-state index contributed by atoms with van der Waals surface area (Å²) in [5, 5.41) is 2.71. The number of Topliss-reactive ketones (excluding diaryl/α,β-unsaturated/α-hetero) is 1. The van der Waals surface area contributed by atoms with Crippen LogP contribution >= 0.6 is 0 Å². The number of carbonyl (C=O) groups excluding carboxylic acids is 3. The van der Waals surface area contributed by atoms with Gasteiger partial charge < -0.3 is 10.1 Å². The Labute approximate surface area is 112 Å². The second-order valence-electron chi connectivity index (χ2n) is 4.16. The van der Waals surface area contributed by atoms with E-state index in [0.29, 0.717) is 0 Å². The Morgan fingerprint density at radius 1 is 1.26 bits per heavy atom. The van der Waals surface area contributed by atoms with Gasteiger partial charge >= 0.3 is 5.97 Å². The summed E-state index contributed by atoms with van der Waals surface area (Å²) in [4.78, 5) is 33.9. The number of carbonyl (C=O) groups is 3. The normalized spacial score (nSPS) is 11.4.